The summed E-state index contributed by atoms with van der Waals surface area (Å²) in [4.78, 5) is 0. The van der Waals surface area contributed by atoms with Gasteiger partial charge in [-0.25, -0.2) is 0 Å². The summed E-state index contributed by atoms with van der Waals surface area (Å²) in [5.41, 5.74) is 2.86. The van der Waals surface area contributed by atoms with Gasteiger partial charge in [0, 0.05) is 17.1 Å². The Morgan fingerprint density at radius 1 is 0.303 bits per heavy atom. The van der Waals surface area contributed by atoms with Gasteiger partial charge in [-0.3, -0.25) is 0 Å². The Kier molecular flexibility index (Phi) is 16.6. The van der Waals surface area contributed by atoms with Gasteiger partial charge in [0.25, 0.3) is 0 Å². The molecule has 1 radical (unpaired) electrons. The minimum atomic E-state index is 0. The second-order valence-electron chi connectivity index (χ2n) is 5.91. The van der Waals surface area contributed by atoms with Crippen LogP contribution in [0.15, 0.2) is 121 Å². The van der Waals surface area contributed by atoms with Crippen LogP contribution in [0.5, 0.6) is 0 Å². The van der Waals surface area contributed by atoms with E-state index in [0.29, 0.717) is 22.3 Å². The van der Waals surface area contributed by atoms with Crippen LogP contribution in [0.4, 0.5) is 0 Å². The summed E-state index contributed by atoms with van der Waals surface area (Å²) in [7, 11) is 0. The fraction of sp³-hybridized carbons (Fsp3) is 0. The molecule has 163 valence electrons. The first-order chi connectivity index (χ1) is 15.7. The topological polar surface area (TPSA) is 95.2 Å². The number of hydrogen-bond donors (Lipinski definition) is 0. The Labute approximate surface area is 205 Å². The van der Waals surface area contributed by atoms with Crippen LogP contribution < -0.4 is 0 Å². The van der Waals surface area contributed by atoms with E-state index in [2.05, 4.69) is 0 Å². The number of benzene rings is 4. The smallest absolute Gasteiger partial charge is 0.0991 e. The van der Waals surface area contributed by atoms with Gasteiger partial charge < -0.3 is 0 Å². The third-order valence-electron chi connectivity index (χ3n) is 3.61. The second-order valence-corrected chi connectivity index (χ2v) is 5.91. The van der Waals surface area contributed by atoms with Crippen LogP contribution >= 0.6 is 0 Å². The van der Waals surface area contributed by atoms with Crippen LogP contribution in [0.3, 0.4) is 0 Å². The van der Waals surface area contributed by atoms with Crippen molar-refractivity contribution in [3.05, 3.63) is 144 Å². The minimum Gasteiger partial charge on any atom is -0.192 e. The molecule has 4 aromatic rings. The van der Waals surface area contributed by atoms with Crippen molar-refractivity contribution in [2.24, 2.45) is 0 Å². The van der Waals surface area contributed by atoms with E-state index in [9.17, 15) is 0 Å². The van der Waals surface area contributed by atoms with Crippen LogP contribution in [0.25, 0.3) is 0 Å². The first kappa shape index (κ1) is 28.4. The van der Waals surface area contributed by atoms with Gasteiger partial charge in [-0.2, -0.15) is 21.0 Å². The molecule has 0 saturated carbocycles. The summed E-state index contributed by atoms with van der Waals surface area (Å²) in [6.07, 6.45) is 0. The molecule has 0 aliphatic carbocycles. The first-order valence-corrected chi connectivity index (χ1v) is 9.54. The summed E-state index contributed by atoms with van der Waals surface area (Å²) in [5.74, 6) is 0. The third-order valence-corrected chi connectivity index (χ3v) is 3.61. The Hall–Kier alpha value is -4.64. The molecule has 33 heavy (non-hydrogen) atoms. The zero-order valence-corrected chi connectivity index (χ0v) is 18.6. The molecule has 0 atom stereocenters. The molecule has 0 aliphatic rings. The predicted octanol–water partition coefficient (Wildman–Crippen LogP) is 6.23. The molecule has 0 unspecified atom stereocenters. The summed E-state index contributed by atoms with van der Waals surface area (Å²) >= 11 is 0. The average molecular weight is 476 g/mol. The maximum absolute atomic E-state index is 8.29. The molecular formula is C28H20CuN4. The van der Waals surface area contributed by atoms with Gasteiger partial charge in [-0.15, -0.1) is 0 Å². The molecule has 4 nitrogen and oxygen atoms in total. The Balaban J connectivity index is 0.000000410. The van der Waals surface area contributed by atoms with Gasteiger partial charge in [-0.05, 0) is 48.5 Å². The van der Waals surface area contributed by atoms with E-state index in [4.69, 9.17) is 21.0 Å². The number of nitrogens with zero attached hydrogens (tertiary/aromatic N) is 4. The monoisotopic (exact) mass is 475 g/mol. The van der Waals surface area contributed by atoms with Crippen molar-refractivity contribution in [1.29, 1.82) is 21.0 Å². The molecule has 0 amide bonds. The van der Waals surface area contributed by atoms with Crippen LogP contribution in [-0.2, 0) is 17.1 Å². The minimum absolute atomic E-state index is 0. The van der Waals surface area contributed by atoms with Crippen molar-refractivity contribution in [1.82, 2.24) is 0 Å². The van der Waals surface area contributed by atoms with Gasteiger partial charge >= 0.3 is 0 Å². The predicted molar refractivity (Wildman–Crippen MR) is 125 cm³/mol. The third kappa shape index (κ3) is 14.1. The van der Waals surface area contributed by atoms with E-state index in [1.54, 1.807) is 48.5 Å². The SMILES string of the molecule is N#Cc1ccccc1.N#Cc1ccccc1.N#Cc1ccccc1.N#Cc1ccccc1.[Cu]. The first-order valence-electron chi connectivity index (χ1n) is 9.54. The maximum atomic E-state index is 8.29. The molecule has 0 bridgehead atoms. The molecule has 0 saturated heterocycles. The quantitative estimate of drug-likeness (QED) is 0.281. The standard InChI is InChI=1S/4C7H5N.Cu/c4*8-6-7-4-2-1-3-5-7;/h4*1-5H;. The molecule has 4 aromatic carbocycles. The molecular weight excluding hydrogens is 456 g/mol. The van der Waals surface area contributed by atoms with Gasteiger partial charge in [0.1, 0.15) is 0 Å². The van der Waals surface area contributed by atoms with Gasteiger partial charge in [0.15, 0.2) is 0 Å². The molecule has 4 rings (SSSR count). The number of rotatable bonds is 0. The molecule has 0 N–H and O–H groups in total. The Bertz CT molecular complexity index is 986. The van der Waals surface area contributed by atoms with Crippen molar-refractivity contribution in [3.63, 3.8) is 0 Å². The Morgan fingerprint density at radius 2 is 0.455 bits per heavy atom. The summed E-state index contributed by atoms with van der Waals surface area (Å²) in [6.45, 7) is 0. The Morgan fingerprint density at radius 3 is 0.545 bits per heavy atom. The molecule has 0 spiro atoms. The fourth-order valence-electron chi connectivity index (χ4n) is 2.05. The maximum Gasteiger partial charge on any atom is 0.0991 e. The van der Waals surface area contributed by atoms with Crippen molar-refractivity contribution in [2.75, 3.05) is 0 Å². The van der Waals surface area contributed by atoms with Crippen molar-refractivity contribution >= 4 is 0 Å². The summed E-state index contributed by atoms with van der Waals surface area (Å²) < 4.78 is 0. The van der Waals surface area contributed by atoms with Crippen molar-refractivity contribution in [3.8, 4) is 24.3 Å². The zero-order valence-electron chi connectivity index (χ0n) is 17.6. The molecule has 0 aromatic heterocycles. The van der Waals surface area contributed by atoms with E-state index in [-0.39, 0.29) is 17.1 Å². The van der Waals surface area contributed by atoms with Crippen LogP contribution in [0.1, 0.15) is 22.3 Å². The molecule has 0 fully saturated rings. The van der Waals surface area contributed by atoms with E-state index < -0.39 is 0 Å². The molecule has 0 heterocycles. The fourth-order valence-corrected chi connectivity index (χ4v) is 2.05. The summed E-state index contributed by atoms with van der Waals surface area (Å²) in [6, 6.07) is 44.7. The largest absolute Gasteiger partial charge is 0.192 e. The second kappa shape index (κ2) is 19.3. The summed E-state index contributed by atoms with van der Waals surface area (Å²) in [5, 5.41) is 33.2. The van der Waals surface area contributed by atoms with Gasteiger partial charge in [-0.1, -0.05) is 72.8 Å². The van der Waals surface area contributed by atoms with Gasteiger partial charge in [0.05, 0.1) is 46.5 Å². The van der Waals surface area contributed by atoms with E-state index in [0.717, 1.165) is 0 Å². The van der Waals surface area contributed by atoms with Crippen molar-refractivity contribution in [2.45, 2.75) is 0 Å². The number of hydrogen-bond acceptors (Lipinski definition) is 4. The average Bonchev–Trinajstić information content (AvgIpc) is 2.91. The van der Waals surface area contributed by atoms with Crippen LogP contribution in [0, 0.1) is 45.3 Å². The van der Waals surface area contributed by atoms with Crippen LogP contribution in [0.2, 0.25) is 0 Å². The molecule has 0 aliphatic heterocycles. The van der Waals surface area contributed by atoms with Crippen molar-refractivity contribution < 1.29 is 17.1 Å². The van der Waals surface area contributed by atoms with E-state index in [1.807, 2.05) is 97.1 Å². The molecule has 5 heteroatoms. The zero-order chi connectivity index (χ0) is 23.3. The number of nitriles is 4. The van der Waals surface area contributed by atoms with E-state index >= 15 is 0 Å². The van der Waals surface area contributed by atoms with Gasteiger partial charge in [0.2, 0.25) is 0 Å². The normalized spacial score (nSPS) is 7.64. The van der Waals surface area contributed by atoms with Crippen LogP contribution in [-0.4, -0.2) is 0 Å². The van der Waals surface area contributed by atoms with E-state index in [1.165, 1.54) is 0 Å².